The fourth-order valence-electron chi connectivity index (χ4n) is 3.47. The van der Waals surface area contributed by atoms with Crippen molar-refractivity contribution >= 4 is 0 Å². The van der Waals surface area contributed by atoms with Gasteiger partial charge in [0, 0.05) is 6.54 Å². The molecule has 2 aliphatic heterocycles. The number of hydrogen-bond acceptors (Lipinski definition) is 2. The molecule has 0 aromatic carbocycles. The lowest BCUT2D eigenvalue weighted by atomic mass is 9.84. The molecule has 2 unspecified atom stereocenters. The zero-order chi connectivity index (χ0) is 12.3. The van der Waals surface area contributed by atoms with Crippen molar-refractivity contribution in [3.63, 3.8) is 0 Å². The topological polar surface area (TPSA) is 15.3 Å². The second-order valence-electron chi connectivity index (χ2n) is 6.61. The molecular weight excluding hydrogens is 208 g/mol. The van der Waals surface area contributed by atoms with E-state index in [1.165, 1.54) is 52.0 Å². The molecular formula is C15H30N2. The third-order valence-corrected chi connectivity index (χ3v) is 5.03. The van der Waals surface area contributed by atoms with Crippen LogP contribution in [0.15, 0.2) is 0 Å². The molecule has 0 radical (unpaired) electrons. The lowest BCUT2D eigenvalue weighted by Crippen LogP contribution is -2.44. The van der Waals surface area contributed by atoms with Crippen molar-refractivity contribution in [2.45, 2.75) is 40.0 Å². The van der Waals surface area contributed by atoms with Gasteiger partial charge in [0.1, 0.15) is 0 Å². The zero-order valence-corrected chi connectivity index (χ0v) is 11.9. The molecule has 0 aliphatic carbocycles. The summed E-state index contributed by atoms with van der Waals surface area (Å²) in [5.41, 5.74) is 0. The van der Waals surface area contributed by atoms with Crippen LogP contribution in [0.1, 0.15) is 40.0 Å². The maximum absolute atomic E-state index is 3.51. The second kappa shape index (κ2) is 6.19. The highest BCUT2D eigenvalue weighted by molar-refractivity contribution is 4.81. The number of hydrogen-bond donors (Lipinski definition) is 1. The Hall–Kier alpha value is -0.0800. The van der Waals surface area contributed by atoms with Crippen LogP contribution in [-0.2, 0) is 0 Å². The van der Waals surface area contributed by atoms with Gasteiger partial charge in [0.05, 0.1) is 0 Å². The Bertz CT molecular complexity index is 219. The molecule has 2 rings (SSSR count). The first-order valence-electron chi connectivity index (χ1n) is 7.60. The number of rotatable bonds is 3. The van der Waals surface area contributed by atoms with Gasteiger partial charge in [-0.25, -0.2) is 0 Å². The number of likely N-dealkylation sites (tertiary alicyclic amines) is 1. The number of piperidine rings is 2. The smallest absolute Gasteiger partial charge is 0.00132 e. The van der Waals surface area contributed by atoms with Crippen molar-refractivity contribution in [3.05, 3.63) is 0 Å². The van der Waals surface area contributed by atoms with Crippen LogP contribution >= 0.6 is 0 Å². The fourth-order valence-corrected chi connectivity index (χ4v) is 3.47. The molecule has 2 atom stereocenters. The van der Waals surface area contributed by atoms with Gasteiger partial charge < -0.3 is 10.2 Å². The number of nitrogens with one attached hydrogen (secondary N) is 1. The molecule has 0 saturated carbocycles. The van der Waals surface area contributed by atoms with Gasteiger partial charge in [-0.3, -0.25) is 0 Å². The van der Waals surface area contributed by atoms with Gasteiger partial charge in [-0.15, -0.1) is 0 Å². The molecule has 1 N–H and O–H groups in total. The van der Waals surface area contributed by atoms with Gasteiger partial charge in [0.15, 0.2) is 0 Å². The first-order chi connectivity index (χ1) is 8.16. The van der Waals surface area contributed by atoms with E-state index in [9.17, 15) is 0 Å². The van der Waals surface area contributed by atoms with Crippen LogP contribution in [0, 0.1) is 23.7 Å². The summed E-state index contributed by atoms with van der Waals surface area (Å²) in [7, 11) is 0. The molecule has 100 valence electrons. The summed E-state index contributed by atoms with van der Waals surface area (Å²) < 4.78 is 0. The van der Waals surface area contributed by atoms with Gasteiger partial charge >= 0.3 is 0 Å². The Morgan fingerprint density at radius 3 is 2.47 bits per heavy atom. The highest BCUT2D eigenvalue weighted by Crippen LogP contribution is 2.27. The third-order valence-electron chi connectivity index (χ3n) is 5.03. The summed E-state index contributed by atoms with van der Waals surface area (Å²) >= 11 is 0. The van der Waals surface area contributed by atoms with Crippen LogP contribution < -0.4 is 5.32 Å². The van der Waals surface area contributed by atoms with E-state index in [1.807, 2.05) is 0 Å². The SMILES string of the molecule is CC(C)C1CCN(CC2CCNCC2C)CC1. The summed E-state index contributed by atoms with van der Waals surface area (Å²) in [6.45, 7) is 13.7. The van der Waals surface area contributed by atoms with E-state index in [2.05, 4.69) is 31.0 Å². The van der Waals surface area contributed by atoms with Gasteiger partial charge in [0.2, 0.25) is 0 Å². The summed E-state index contributed by atoms with van der Waals surface area (Å²) in [4.78, 5) is 2.73. The first kappa shape index (κ1) is 13.4. The first-order valence-corrected chi connectivity index (χ1v) is 7.60. The van der Waals surface area contributed by atoms with Crippen LogP contribution in [0.2, 0.25) is 0 Å². The van der Waals surface area contributed by atoms with E-state index < -0.39 is 0 Å². The summed E-state index contributed by atoms with van der Waals surface area (Å²) in [5.74, 6) is 3.67. The highest BCUT2D eigenvalue weighted by Gasteiger charge is 2.26. The van der Waals surface area contributed by atoms with Gasteiger partial charge in [-0.2, -0.15) is 0 Å². The molecule has 0 aromatic rings. The Morgan fingerprint density at radius 2 is 1.88 bits per heavy atom. The van der Waals surface area contributed by atoms with E-state index in [-0.39, 0.29) is 0 Å². The van der Waals surface area contributed by atoms with Gasteiger partial charge in [-0.05, 0) is 69.1 Å². The molecule has 0 spiro atoms. The van der Waals surface area contributed by atoms with E-state index in [0.717, 1.165) is 23.7 Å². The molecule has 2 heterocycles. The summed E-state index contributed by atoms with van der Waals surface area (Å²) in [5, 5.41) is 3.51. The average Bonchev–Trinajstić information content (AvgIpc) is 2.33. The minimum Gasteiger partial charge on any atom is -0.316 e. The molecule has 2 heteroatoms. The summed E-state index contributed by atoms with van der Waals surface area (Å²) in [6.07, 6.45) is 4.24. The fraction of sp³-hybridized carbons (Fsp3) is 1.00. The van der Waals surface area contributed by atoms with Crippen molar-refractivity contribution < 1.29 is 0 Å². The van der Waals surface area contributed by atoms with Crippen LogP contribution in [0.3, 0.4) is 0 Å². The predicted octanol–water partition coefficient (Wildman–Crippen LogP) is 2.60. The predicted molar refractivity (Wildman–Crippen MR) is 74.1 cm³/mol. The average molecular weight is 238 g/mol. The van der Waals surface area contributed by atoms with Gasteiger partial charge in [0.25, 0.3) is 0 Å². The van der Waals surface area contributed by atoms with Crippen LogP contribution in [0.4, 0.5) is 0 Å². The molecule has 0 amide bonds. The monoisotopic (exact) mass is 238 g/mol. The number of nitrogens with zero attached hydrogens (tertiary/aromatic N) is 1. The van der Waals surface area contributed by atoms with Crippen molar-refractivity contribution in [1.82, 2.24) is 10.2 Å². The van der Waals surface area contributed by atoms with Gasteiger partial charge in [-0.1, -0.05) is 20.8 Å². The second-order valence-corrected chi connectivity index (χ2v) is 6.61. The van der Waals surface area contributed by atoms with Crippen molar-refractivity contribution in [2.24, 2.45) is 23.7 Å². The molecule has 2 saturated heterocycles. The largest absolute Gasteiger partial charge is 0.316 e. The van der Waals surface area contributed by atoms with Crippen LogP contribution in [-0.4, -0.2) is 37.6 Å². The zero-order valence-electron chi connectivity index (χ0n) is 11.9. The molecule has 0 bridgehead atoms. The molecule has 2 aliphatic rings. The van der Waals surface area contributed by atoms with E-state index in [4.69, 9.17) is 0 Å². The van der Waals surface area contributed by atoms with Crippen LogP contribution in [0.25, 0.3) is 0 Å². The van der Waals surface area contributed by atoms with E-state index in [0.29, 0.717) is 0 Å². The third kappa shape index (κ3) is 3.69. The van der Waals surface area contributed by atoms with Crippen molar-refractivity contribution in [3.8, 4) is 0 Å². The van der Waals surface area contributed by atoms with Crippen molar-refractivity contribution in [1.29, 1.82) is 0 Å². The maximum Gasteiger partial charge on any atom is 0.00132 e. The molecule has 17 heavy (non-hydrogen) atoms. The van der Waals surface area contributed by atoms with Crippen LogP contribution in [0.5, 0.6) is 0 Å². The Morgan fingerprint density at radius 1 is 1.18 bits per heavy atom. The standard InChI is InChI=1S/C15H30N2/c1-12(2)14-5-8-17(9-6-14)11-15-4-7-16-10-13(15)3/h12-16H,4-11H2,1-3H3. The van der Waals surface area contributed by atoms with Crippen molar-refractivity contribution in [2.75, 3.05) is 32.7 Å². The lowest BCUT2D eigenvalue weighted by Gasteiger charge is -2.38. The molecule has 0 aromatic heterocycles. The Balaban J connectivity index is 1.73. The van der Waals surface area contributed by atoms with E-state index in [1.54, 1.807) is 0 Å². The minimum atomic E-state index is 0.867. The Labute approximate surface area is 107 Å². The summed E-state index contributed by atoms with van der Waals surface area (Å²) in [6, 6.07) is 0. The molecule has 2 fully saturated rings. The quantitative estimate of drug-likeness (QED) is 0.813. The highest BCUT2D eigenvalue weighted by atomic mass is 15.1. The Kier molecular flexibility index (Phi) is 4.87. The lowest BCUT2D eigenvalue weighted by molar-refractivity contribution is 0.114. The normalized spacial score (nSPS) is 33.2. The van der Waals surface area contributed by atoms with E-state index >= 15 is 0 Å². The molecule has 2 nitrogen and oxygen atoms in total. The maximum atomic E-state index is 3.51. The minimum absolute atomic E-state index is 0.867.